The Morgan fingerprint density at radius 2 is 1.77 bits per heavy atom. The number of aryl methyl sites for hydroxylation is 1. The molecule has 1 heterocycles. The van der Waals surface area contributed by atoms with Crippen molar-refractivity contribution in [3.05, 3.63) is 111 Å². The second-order valence-electron chi connectivity index (χ2n) is 7.22. The highest BCUT2D eigenvalue weighted by molar-refractivity contribution is 6.00. The number of nitrogens with zero attached hydrogens (tertiary/aromatic N) is 3. The molecule has 1 aromatic heterocycles. The summed E-state index contributed by atoms with van der Waals surface area (Å²) in [6.45, 7) is 2.79. The molecule has 154 valence electrons. The molecule has 3 aromatic carbocycles. The minimum atomic E-state index is -0.508. The van der Waals surface area contributed by atoms with Gasteiger partial charge >= 0.3 is 0 Å². The minimum absolute atomic E-state index is 0.0681. The van der Waals surface area contributed by atoms with Crippen LogP contribution in [0, 0.1) is 17.0 Å². The van der Waals surface area contributed by atoms with Crippen molar-refractivity contribution in [2.24, 2.45) is 5.10 Å². The number of hydrazone groups is 1. The van der Waals surface area contributed by atoms with Gasteiger partial charge in [0, 0.05) is 46.9 Å². The van der Waals surface area contributed by atoms with Crippen LogP contribution in [0.4, 0.5) is 5.69 Å². The van der Waals surface area contributed by atoms with Gasteiger partial charge in [0.25, 0.3) is 11.6 Å². The Kier molecular flexibility index (Phi) is 5.57. The molecule has 7 heteroatoms. The van der Waals surface area contributed by atoms with E-state index in [0.29, 0.717) is 5.56 Å². The highest BCUT2D eigenvalue weighted by Gasteiger charge is 2.10. The molecule has 1 amide bonds. The van der Waals surface area contributed by atoms with E-state index in [1.54, 1.807) is 6.21 Å². The van der Waals surface area contributed by atoms with Gasteiger partial charge in [0.15, 0.2) is 0 Å². The Bertz CT molecular complexity index is 1270. The monoisotopic (exact) mass is 412 g/mol. The molecular formula is C24H20N4O3. The van der Waals surface area contributed by atoms with E-state index in [-0.39, 0.29) is 5.69 Å². The number of nitro groups is 1. The lowest BCUT2D eigenvalue weighted by atomic mass is 10.1. The Balaban J connectivity index is 1.52. The van der Waals surface area contributed by atoms with Gasteiger partial charge in [0.2, 0.25) is 0 Å². The number of rotatable bonds is 6. The highest BCUT2D eigenvalue weighted by Crippen LogP contribution is 2.21. The number of aromatic nitrogens is 1. The Morgan fingerprint density at radius 1 is 1.06 bits per heavy atom. The van der Waals surface area contributed by atoms with E-state index in [1.165, 1.54) is 35.4 Å². The highest BCUT2D eigenvalue weighted by atomic mass is 16.6. The van der Waals surface area contributed by atoms with Crippen molar-refractivity contribution >= 4 is 28.7 Å². The van der Waals surface area contributed by atoms with Gasteiger partial charge in [-0.3, -0.25) is 14.9 Å². The van der Waals surface area contributed by atoms with Crippen LogP contribution >= 0.6 is 0 Å². The SMILES string of the molecule is Cc1ccc(Cn2cc(/C=N/NC(=O)c3ccc([N+](=O)[O-])cc3)c3ccccc32)cc1. The smallest absolute Gasteiger partial charge is 0.271 e. The summed E-state index contributed by atoms with van der Waals surface area (Å²) in [6.07, 6.45) is 3.61. The van der Waals surface area contributed by atoms with Gasteiger partial charge in [-0.15, -0.1) is 0 Å². The predicted octanol–water partition coefficient (Wildman–Crippen LogP) is 4.67. The van der Waals surface area contributed by atoms with E-state index in [2.05, 4.69) is 52.3 Å². The summed E-state index contributed by atoms with van der Waals surface area (Å²) in [5, 5.41) is 15.8. The molecule has 1 N–H and O–H groups in total. The molecule has 7 nitrogen and oxygen atoms in total. The summed E-state index contributed by atoms with van der Waals surface area (Å²) < 4.78 is 2.15. The van der Waals surface area contributed by atoms with Crippen LogP contribution in [0.25, 0.3) is 10.9 Å². The summed E-state index contributed by atoms with van der Waals surface area (Å²) in [6, 6.07) is 21.8. The zero-order chi connectivity index (χ0) is 21.8. The van der Waals surface area contributed by atoms with Crippen LogP contribution in [0.15, 0.2) is 84.1 Å². The van der Waals surface area contributed by atoms with Crippen molar-refractivity contribution in [3.63, 3.8) is 0 Å². The van der Waals surface area contributed by atoms with E-state index in [4.69, 9.17) is 0 Å². The topological polar surface area (TPSA) is 89.5 Å². The van der Waals surface area contributed by atoms with Crippen LogP contribution in [0.3, 0.4) is 0 Å². The van der Waals surface area contributed by atoms with Crippen LogP contribution in [0.1, 0.15) is 27.0 Å². The van der Waals surface area contributed by atoms with Gasteiger partial charge in [0.1, 0.15) is 0 Å². The maximum Gasteiger partial charge on any atom is 0.271 e. The number of hydrogen-bond acceptors (Lipinski definition) is 4. The zero-order valence-corrected chi connectivity index (χ0v) is 16.9. The lowest BCUT2D eigenvalue weighted by molar-refractivity contribution is -0.384. The largest absolute Gasteiger partial charge is 0.342 e. The zero-order valence-electron chi connectivity index (χ0n) is 16.9. The Hall–Kier alpha value is -4.26. The van der Waals surface area contributed by atoms with Gasteiger partial charge in [-0.05, 0) is 30.7 Å². The fourth-order valence-electron chi connectivity index (χ4n) is 3.36. The Morgan fingerprint density at radius 3 is 2.48 bits per heavy atom. The minimum Gasteiger partial charge on any atom is -0.342 e. The molecule has 0 spiro atoms. The summed E-state index contributed by atoms with van der Waals surface area (Å²) in [4.78, 5) is 22.5. The number of non-ortho nitro benzene ring substituents is 1. The predicted molar refractivity (Wildman–Crippen MR) is 120 cm³/mol. The van der Waals surface area contributed by atoms with Gasteiger partial charge in [-0.25, -0.2) is 5.43 Å². The van der Waals surface area contributed by atoms with Crippen molar-refractivity contribution in [1.82, 2.24) is 9.99 Å². The molecule has 0 aliphatic rings. The van der Waals surface area contributed by atoms with Gasteiger partial charge in [-0.2, -0.15) is 5.10 Å². The number of benzene rings is 3. The normalized spacial score (nSPS) is 11.1. The average molecular weight is 412 g/mol. The van der Waals surface area contributed by atoms with Crippen molar-refractivity contribution < 1.29 is 9.72 Å². The standard InChI is InChI=1S/C24H20N4O3/c1-17-6-8-18(9-7-17)15-27-16-20(22-4-2-3-5-23(22)27)14-25-26-24(29)19-10-12-21(13-11-19)28(30)31/h2-14,16H,15H2,1H3,(H,26,29)/b25-14+. The molecule has 0 aliphatic heterocycles. The number of carbonyl (C=O) groups excluding carboxylic acids is 1. The molecule has 0 saturated heterocycles. The quantitative estimate of drug-likeness (QED) is 0.283. The number of nitro benzene ring substituents is 1. The molecular weight excluding hydrogens is 392 g/mol. The van der Waals surface area contributed by atoms with Gasteiger partial charge in [-0.1, -0.05) is 48.0 Å². The first-order valence-corrected chi connectivity index (χ1v) is 9.72. The summed E-state index contributed by atoms with van der Waals surface area (Å²) >= 11 is 0. The van der Waals surface area contributed by atoms with Crippen LogP contribution in [0.2, 0.25) is 0 Å². The van der Waals surface area contributed by atoms with E-state index in [9.17, 15) is 14.9 Å². The number of amides is 1. The average Bonchev–Trinajstić information content (AvgIpc) is 3.13. The molecule has 0 fully saturated rings. The van der Waals surface area contributed by atoms with Crippen molar-refractivity contribution in [3.8, 4) is 0 Å². The molecule has 0 atom stereocenters. The van der Waals surface area contributed by atoms with Crippen molar-refractivity contribution in [1.29, 1.82) is 0 Å². The number of carbonyl (C=O) groups is 1. The van der Waals surface area contributed by atoms with Crippen LogP contribution < -0.4 is 5.43 Å². The fourth-order valence-corrected chi connectivity index (χ4v) is 3.36. The maximum atomic E-state index is 12.3. The van der Waals surface area contributed by atoms with Gasteiger partial charge in [0.05, 0.1) is 11.1 Å². The van der Waals surface area contributed by atoms with E-state index in [0.717, 1.165) is 23.0 Å². The van der Waals surface area contributed by atoms with E-state index >= 15 is 0 Å². The molecule has 4 aromatic rings. The number of para-hydroxylation sites is 1. The first-order chi connectivity index (χ1) is 15.0. The lowest BCUT2D eigenvalue weighted by Crippen LogP contribution is -2.17. The van der Waals surface area contributed by atoms with Crippen molar-refractivity contribution in [2.75, 3.05) is 0 Å². The van der Waals surface area contributed by atoms with Crippen molar-refractivity contribution in [2.45, 2.75) is 13.5 Å². The third-order valence-electron chi connectivity index (χ3n) is 5.00. The number of hydrogen-bond donors (Lipinski definition) is 1. The second kappa shape index (κ2) is 8.62. The first-order valence-electron chi connectivity index (χ1n) is 9.72. The van der Waals surface area contributed by atoms with E-state index < -0.39 is 10.8 Å². The van der Waals surface area contributed by atoms with E-state index in [1.807, 2.05) is 24.4 Å². The molecule has 4 rings (SSSR count). The molecule has 0 radical (unpaired) electrons. The van der Waals surface area contributed by atoms with Crippen LogP contribution in [0.5, 0.6) is 0 Å². The molecule has 0 saturated carbocycles. The number of nitrogens with one attached hydrogen (secondary N) is 1. The summed E-state index contributed by atoms with van der Waals surface area (Å²) in [5.74, 6) is -0.436. The second-order valence-corrected chi connectivity index (χ2v) is 7.22. The lowest BCUT2D eigenvalue weighted by Gasteiger charge is -2.06. The third kappa shape index (κ3) is 4.51. The molecule has 31 heavy (non-hydrogen) atoms. The first kappa shape index (κ1) is 20.0. The van der Waals surface area contributed by atoms with Gasteiger partial charge < -0.3 is 4.57 Å². The maximum absolute atomic E-state index is 12.3. The molecule has 0 bridgehead atoms. The Labute approximate surface area is 178 Å². The number of fused-ring (bicyclic) bond motifs is 1. The van der Waals surface area contributed by atoms with Crippen LogP contribution in [-0.2, 0) is 6.54 Å². The molecule has 0 aliphatic carbocycles. The summed E-state index contributed by atoms with van der Waals surface area (Å²) in [5.41, 5.74) is 7.08. The molecule has 0 unspecified atom stereocenters. The fraction of sp³-hybridized carbons (Fsp3) is 0.0833. The van der Waals surface area contributed by atoms with Crippen LogP contribution in [-0.4, -0.2) is 21.6 Å². The third-order valence-corrected chi connectivity index (χ3v) is 5.00. The summed E-state index contributed by atoms with van der Waals surface area (Å²) in [7, 11) is 0.